The third-order valence-electron chi connectivity index (χ3n) is 5.27. The molecule has 2 fully saturated rings. The number of hydrogen-bond donors (Lipinski definition) is 2. The predicted octanol–water partition coefficient (Wildman–Crippen LogP) is 0.885. The van der Waals surface area contributed by atoms with Crippen LogP contribution in [0, 0.1) is 12.8 Å². The van der Waals surface area contributed by atoms with Crippen LogP contribution < -0.4 is 10.9 Å². The van der Waals surface area contributed by atoms with Crippen LogP contribution in [0.3, 0.4) is 0 Å². The Kier molecular flexibility index (Phi) is 4.46. The molecule has 8 heteroatoms. The van der Waals surface area contributed by atoms with E-state index in [0.717, 1.165) is 25.9 Å². The first-order valence-corrected chi connectivity index (χ1v) is 8.71. The van der Waals surface area contributed by atoms with Gasteiger partial charge in [0, 0.05) is 44.0 Å². The molecule has 2 saturated heterocycles. The summed E-state index contributed by atoms with van der Waals surface area (Å²) >= 11 is 0. The maximum absolute atomic E-state index is 12.7. The minimum Gasteiger partial charge on any atom is -0.337 e. The third-order valence-corrected chi connectivity index (χ3v) is 5.27. The van der Waals surface area contributed by atoms with E-state index in [1.54, 1.807) is 6.92 Å². The number of amides is 1. The standard InChI is InChI=1S/C17H22N6O2/c1-11-15(22-25-21-11)17(24)23-8-2-3-13(10-23)16-14(9-19-20-16)12-4-6-18-7-5-12/h4-7,13-14,16,19-20H,2-3,8-10H2,1H3. The lowest BCUT2D eigenvalue weighted by molar-refractivity contribution is 0.0633. The third kappa shape index (κ3) is 3.14. The van der Waals surface area contributed by atoms with E-state index < -0.39 is 0 Å². The molecule has 3 unspecified atom stereocenters. The molecule has 0 aliphatic carbocycles. The number of aryl methyl sites for hydroxylation is 1. The molecule has 2 N–H and O–H groups in total. The summed E-state index contributed by atoms with van der Waals surface area (Å²) in [6.07, 6.45) is 5.76. The van der Waals surface area contributed by atoms with Gasteiger partial charge in [0.15, 0.2) is 5.69 Å². The number of rotatable bonds is 3. The number of hydrazine groups is 1. The Morgan fingerprint density at radius 2 is 2.16 bits per heavy atom. The molecule has 0 bridgehead atoms. The van der Waals surface area contributed by atoms with E-state index in [0.29, 0.717) is 29.8 Å². The summed E-state index contributed by atoms with van der Waals surface area (Å²) in [5.41, 5.74) is 8.86. The number of likely N-dealkylation sites (tertiary alicyclic amines) is 1. The highest BCUT2D eigenvalue weighted by Crippen LogP contribution is 2.31. The molecule has 0 aromatic carbocycles. The molecule has 3 atom stereocenters. The maximum Gasteiger partial charge on any atom is 0.278 e. The topological polar surface area (TPSA) is 96.2 Å². The van der Waals surface area contributed by atoms with Gasteiger partial charge < -0.3 is 4.90 Å². The molecule has 132 valence electrons. The normalized spacial score (nSPS) is 26.8. The van der Waals surface area contributed by atoms with Gasteiger partial charge in [-0.2, -0.15) is 0 Å². The summed E-state index contributed by atoms with van der Waals surface area (Å²) in [5.74, 6) is 0.666. The molecule has 25 heavy (non-hydrogen) atoms. The van der Waals surface area contributed by atoms with Gasteiger partial charge in [-0.05, 0) is 48.5 Å². The molecule has 2 aliphatic rings. The molecule has 8 nitrogen and oxygen atoms in total. The fraction of sp³-hybridized carbons (Fsp3) is 0.529. The minimum absolute atomic E-state index is 0.0881. The van der Waals surface area contributed by atoms with Gasteiger partial charge in [0.1, 0.15) is 5.69 Å². The molecular formula is C17H22N6O2. The van der Waals surface area contributed by atoms with Crippen LogP contribution in [0.15, 0.2) is 29.2 Å². The molecule has 2 aliphatic heterocycles. The minimum atomic E-state index is -0.0881. The highest BCUT2D eigenvalue weighted by molar-refractivity contribution is 5.93. The fourth-order valence-corrected chi connectivity index (χ4v) is 3.96. The van der Waals surface area contributed by atoms with E-state index in [2.05, 4.69) is 42.9 Å². The van der Waals surface area contributed by atoms with Crippen LogP contribution in [0.25, 0.3) is 0 Å². The second-order valence-electron chi connectivity index (χ2n) is 6.79. The second-order valence-corrected chi connectivity index (χ2v) is 6.79. The van der Waals surface area contributed by atoms with Crippen molar-refractivity contribution in [3.05, 3.63) is 41.5 Å². The van der Waals surface area contributed by atoms with Crippen molar-refractivity contribution in [1.29, 1.82) is 0 Å². The van der Waals surface area contributed by atoms with Crippen molar-refractivity contribution in [2.45, 2.75) is 31.7 Å². The zero-order valence-electron chi connectivity index (χ0n) is 14.2. The van der Waals surface area contributed by atoms with Gasteiger partial charge in [-0.15, -0.1) is 0 Å². The zero-order valence-corrected chi connectivity index (χ0v) is 14.2. The molecule has 0 radical (unpaired) electrons. The molecule has 1 amide bonds. The highest BCUT2D eigenvalue weighted by Gasteiger charge is 2.38. The van der Waals surface area contributed by atoms with Crippen LogP contribution in [-0.4, -0.2) is 51.8 Å². The first kappa shape index (κ1) is 16.2. The molecule has 0 saturated carbocycles. The van der Waals surface area contributed by atoms with Crippen molar-refractivity contribution in [2.24, 2.45) is 5.92 Å². The molecule has 2 aromatic rings. The highest BCUT2D eigenvalue weighted by atomic mass is 16.6. The Labute approximate surface area is 145 Å². The largest absolute Gasteiger partial charge is 0.337 e. The number of piperidine rings is 1. The van der Waals surface area contributed by atoms with Crippen molar-refractivity contribution in [1.82, 2.24) is 31.0 Å². The number of nitrogens with zero attached hydrogens (tertiary/aromatic N) is 4. The van der Waals surface area contributed by atoms with E-state index in [1.165, 1.54) is 5.56 Å². The maximum atomic E-state index is 12.7. The lowest BCUT2D eigenvalue weighted by Gasteiger charge is -2.37. The van der Waals surface area contributed by atoms with Gasteiger partial charge in [-0.1, -0.05) is 5.16 Å². The average Bonchev–Trinajstić information content (AvgIpc) is 3.31. The van der Waals surface area contributed by atoms with Gasteiger partial charge in [0.05, 0.1) is 0 Å². The molecular weight excluding hydrogens is 320 g/mol. The second kappa shape index (κ2) is 6.89. The summed E-state index contributed by atoms with van der Waals surface area (Å²) in [6, 6.07) is 4.43. The van der Waals surface area contributed by atoms with Crippen LogP contribution in [-0.2, 0) is 0 Å². The van der Waals surface area contributed by atoms with Crippen molar-refractivity contribution in [3.63, 3.8) is 0 Å². The van der Waals surface area contributed by atoms with Crippen molar-refractivity contribution < 1.29 is 9.42 Å². The van der Waals surface area contributed by atoms with Crippen LogP contribution in [0.4, 0.5) is 0 Å². The molecule has 4 rings (SSSR count). The molecule has 2 aromatic heterocycles. The van der Waals surface area contributed by atoms with Gasteiger partial charge >= 0.3 is 0 Å². The summed E-state index contributed by atoms with van der Waals surface area (Å²) in [6.45, 7) is 4.09. The number of hydrogen-bond acceptors (Lipinski definition) is 7. The smallest absolute Gasteiger partial charge is 0.278 e. The number of nitrogens with one attached hydrogen (secondary N) is 2. The van der Waals surface area contributed by atoms with Crippen molar-refractivity contribution in [2.75, 3.05) is 19.6 Å². The predicted molar refractivity (Wildman–Crippen MR) is 89.6 cm³/mol. The zero-order chi connectivity index (χ0) is 17.2. The molecule has 0 spiro atoms. The molecule has 4 heterocycles. The Morgan fingerprint density at radius 3 is 2.92 bits per heavy atom. The summed E-state index contributed by atoms with van der Waals surface area (Å²) < 4.78 is 4.68. The SMILES string of the molecule is Cc1nonc1C(=O)N1CCCC(C2NNCC2c2ccncc2)C1. The van der Waals surface area contributed by atoms with Crippen molar-refractivity contribution in [3.8, 4) is 0 Å². The Bertz CT molecular complexity index is 734. The first-order chi connectivity index (χ1) is 12.2. The van der Waals surface area contributed by atoms with Crippen LogP contribution in [0.5, 0.6) is 0 Å². The van der Waals surface area contributed by atoms with Crippen molar-refractivity contribution >= 4 is 5.91 Å². The quantitative estimate of drug-likeness (QED) is 0.855. The van der Waals surface area contributed by atoms with Gasteiger partial charge in [0.2, 0.25) is 0 Å². The van der Waals surface area contributed by atoms with E-state index in [1.807, 2.05) is 17.3 Å². The summed E-state index contributed by atoms with van der Waals surface area (Å²) in [7, 11) is 0. The van der Waals surface area contributed by atoms with Gasteiger partial charge in [-0.3, -0.25) is 20.6 Å². The van der Waals surface area contributed by atoms with E-state index in [-0.39, 0.29) is 11.9 Å². The Hall–Kier alpha value is -2.32. The Balaban J connectivity index is 1.49. The first-order valence-electron chi connectivity index (χ1n) is 8.71. The average molecular weight is 342 g/mol. The lowest BCUT2D eigenvalue weighted by Crippen LogP contribution is -2.48. The van der Waals surface area contributed by atoms with E-state index in [4.69, 9.17) is 0 Å². The monoisotopic (exact) mass is 342 g/mol. The van der Waals surface area contributed by atoms with E-state index in [9.17, 15) is 4.79 Å². The van der Waals surface area contributed by atoms with E-state index >= 15 is 0 Å². The van der Waals surface area contributed by atoms with Gasteiger partial charge in [0.25, 0.3) is 5.91 Å². The van der Waals surface area contributed by atoms with Crippen LogP contribution >= 0.6 is 0 Å². The lowest BCUT2D eigenvalue weighted by atomic mass is 9.81. The number of aromatic nitrogens is 3. The van der Waals surface area contributed by atoms with Crippen LogP contribution in [0.2, 0.25) is 0 Å². The van der Waals surface area contributed by atoms with Crippen LogP contribution in [0.1, 0.15) is 40.5 Å². The number of carbonyl (C=O) groups is 1. The Morgan fingerprint density at radius 1 is 1.32 bits per heavy atom. The number of pyridine rings is 1. The fourth-order valence-electron chi connectivity index (χ4n) is 3.96. The van der Waals surface area contributed by atoms with Gasteiger partial charge in [-0.25, -0.2) is 4.63 Å². The summed E-state index contributed by atoms with van der Waals surface area (Å²) in [5, 5.41) is 7.48. The summed E-state index contributed by atoms with van der Waals surface area (Å²) in [4.78, 5) is 18.7. The number of carbonyl (C=O) groups excluding carboxylic acids is 1.